The van der Waals surface area contributed by atoms with Crippen LogP contribution >= 0.6 is 15.9 Å². The Hall–Kier alpha value is -0.780. The third-order valence-corrected chi connectivity index (χ3v) is 3.50. The lowest BCUT2D eigenvalue weighted by Crippen LogP contribution is -2.14. The maximum Gasteiger partial charge on any atom is 0.175 e. The summed E-state index contributed by atoms with van der Waals surface area (Å²) in [5, 5.41) is 12.7. The van der Waals surface area contributed by atoms with Gasteiger partial charge in [0.25, 0.3) is 0 Å². The number of ether oxygens (including phenoxy) is 2. The van der Waals surface area contributed by atoms with Gasteiger partial charge in [0.2, 0.25) is 0 Å². The standard InChI is InChI=1S/C16H26BrNO3/c1-4-7-18-11-13-9-14(17)16(15(10-13)20-5-2)21-8-6-12(3)19/h9-10,12,18-19H,4-8,11H2,1-3H3. The zero-order valence-corrected chi connectivity index (χ0v) is 14.7. The topological polar surface area (TPSA) is 50.7 Å². The number of nitrogens with one attached hydrogen (secondary N) is 1. The fourth-order valence-electron chi connectivity index (χ4n) is 1.87. The highest BCUT2D eigenvalue weighted by atomic mass is 79.9. The van der Waals surface area contributed by atoms with Gasteiger partial charge in [-0.2, -0.15) is 0 Å². The smallest absolute Gasteiger partial charge is 0.175 e. The molecule has 1 rings (SSSR count). The van der Waals surface area contributed by atoms with Crippen LogP contribution in [-0.4, -0.2) is 31.0 Å². The van der Waals surface area contributed by atoms with Crippen LogP contribution in [0.15, 0.2) is 16.6 Å². The third kappa shape index (κ3) is 6.68. The molecule has 0 saturated carbocycles. The molecule has 0 amide bonds. The average Bonchev–Trinajstić information content (AvgIpc) is 2.42. The molecule has 0 aliphatic carbocycles. The van der Waals surface area contributed by atoms with Crippen molar-refractivity contribution in [2.24, 2.45) is 0 Å². The molecular formula is C16H26BrNO3. The van der Waals surface area contributed by atoms with Crippen molar-refractivity contribution in [2.45, 2.75) is 46.3 Å². The minimum Gasteiger partial charge on any atom is -0.490 e. The largest absolute Gasteiger partial charge is 0.490 e. The van der Waals surface area contributed by atoms with Gasteiger partial charge in [0.1, 0.15) is 0 Å². The van der Waals surface area contributed by atoms with Crippen molar-refractivity contribution in [2.75, 3.05) is 19.8 Å². The molecule has 120 valence electrons. The highest BCUT2D eigenvalue weighted by Gasteiger charge is 2.12. The van der Waals surface area contributed by atoms with Gasteiger partial charge < -0.3 is 19.9 Å². The summed E-state index contributed by atoms with van der Waals surface area (Å²) in [6, 6.07) is 4.05. The van der Waals surface area contributed by atoms with Crippen LogP contribution in [0.2, 0.25) is 0 Å². The molecule has 1 aromatic rings. The number of hydrogen-bond acceptors (Lipinski definition) is 4. The normalized spacial score (nSPS) is 12.2. The second kappa shape index (κ2) is 10.0. The lowest BCUT2D eigenvalue weighted by molar-refractivity contribution is 0.153. The van der Waals surface area contributed by atoms with Crippen LogP contribution in [0, 0.1) is 0 Å². The summed E-state index contributed by atoms with van der Waals surface area (Å²) in [7, 11) is 0. The Kier molecular flexibility index (Phi) is 8.73. The van der Waals surface area contributed by atoms with Crippen molar-refractivity contribution in [3.63, 3.8) is 0 Å². The van der Waals surface area contributed by atoms with Gasteiger partial charge in [-0.3, -0.25) is 0 Å². The first-order chi connectivity index (χ1) is 10.1. The summed E-state index contributed by atoms with van der Waals surface area (Å²) in [6.45, 7) is 8.71. The number of halogens is 1. The molecular weight excluding hydrogens is 334 g/mol. The molecule has 0 radical (unpaired) electrons. The van der Waals surface area contributed by atoms with E-state index >= 15 is 0 Å². The fraction of sp³-hybridized carbons (Fsp3) is 0.625. The van der Waals surface area contributed by atoms with E-state index in [1.165, 1.54) is 0 Å². The number of benzene rings is 1. The van der Waals surface area contributed by atoms with E-state index in [-0.39, 0.29) is 6.10 Å². The Morgan fingerprint density at radius 1 is 1.29 bits per heavy atom. The summed E-state index contributed by atoms with van der Waals surface area (Å²) >= 11 is 3.55. The van der Waals surface area contributed by atoms with E-state index in [9.17, 15) is 5.11 Å². The molecule has 1 aromatic carbocycles. The lowest BCUT2D eigenvalue weighted by Gasteiger charge is -2.16. The van der Waals surface area contributed by atoms with E-state index in [4.69, 9.17) is 9.47 Å². The maximum absolute atomic E-state index is 9.31. The third-order valence-electron chi connectivity index (χ3n) is 2.91. The monoisotopic (exact) mass is 359 g/mol. The molecule has 0 aliphatic heterocycles. The van der Waals surface area contributed by atoms with Gasteiger partial charge in [0, 0.05) is 13.0 Å². The molecule has 4 nitrogen and oxygen atoms in total. The highest BCUT2D eigenvalue weighted by molar-refractivity contribution is 9.10. The summed E-state index contributed by atoms with van der Waals surface area (Å²) in [6.07, 6.45) is 1.34. The fourth-order valence-corrected chi connectivity index (χ4v) is 2.47. The molecule has 0 heterocycles. The first-order valence-electron chi connectivity index (χ1n) is 7.55. The second-order valence-electron chi connectivity index (χ2n) is 5.00. The van der Waals surface area contributed by atoms with Crippen LogP contribution in [0.1, 0.15) is 39.2 Å². The summed E-state index contributed by atoms with van der Waals surface area (Å²) < 4.78 is 12.3. The molecule has 1 unspecified atom stereocenters. The predicted octanol–water partition coefficient (Wildman–Crippen LogP) is 3.50. The molecule has 0 aromatic heterocycles. The van der Waals surface area contributed by atoms with Gasteiger partial charge in [-0.05, 0) is 60.4 Å². The molecule has 0 bridgehead atoms. The van der Waals surface area contributed by atoms with Gasteiger partial charge in [0.05, 0.1) is 23.8 Å². The Morgan fingerprint density at radius 3 is 2.67 bits per heavy atom. The van der Waals surface area contributed by atoms with Crippen LogP contribution in [0.25, 0.3) is 0 Å². The Balaban J connectivity index is 2.80. The van der Waals surface area contributed by atoms with Gasteiger partial charge in [-0.15, -0.1) is 0 Å². The summed E-state index contributed by atoms with van der Waals surface area (Å²) in [5.41, 5.74) is 1.15. The summed E-state index contributed by atoms with van der Waals surface area (Å²) in [4.78, 5) is 0. The molecule has 21 heavy (non-hydrogen) atoms. The number of aliphatic hydroxyl groups excluding tert-OH is 1. The van der Waals surface area contributed by atoms with Crippen molar-refractivity contribution in [3.8, 4) is 11.5 Å². The molecule has 1 atom stereocenters. The maximum atomic E-state index is 9.31. The van der Waals surface area contributed by atoms with E-state index in [0.29, 0.717) is 25.4 Å². The van der Waals surface area contributed by atoms with Gasteiger partial charge in [-0.1, -0.05) is 6.92 Å². The van der Waals surface area contributed by atoms with Crippen LogP contribution in [-0.2, 0) is 6.54 Å². The van der Waals surface area contributed by atoms with Crippen molar-refractivity contribution in [3.05, 3.63) is 22.2 Å². The van der Waals surface area contributed by atoms with E-state index < -0.39 is 0 Å². The SMILES string of the molecule is CCCNCc1cc(Br)c(OCCC(C)O)c(OCC)c1. The predicted molar refractivity (Wildman–Crippen MR) is 89.1 cm³/mol. The Bertz CT molecular complexity index is 424. The van der Waals surface area contributed by atoms with Crippen molar-refractivity contribution < 1.29 is 14.6 Å². The van der Waals surface area contributed by atoms with E-state index in [2.05, 4.69) is 28.2 Å². The second-order valence-corrected chi connectivity index (χ2v) is 5.86. The summed E-state index contributed by atoms with van der Waals surface area (Å²) in [5.74, 6) is 1.45. The van der Waals surface area contributed by atoms with Crippen molar-refractivity contribution >= 4 is 15.9 Å². The molecule has 0 fully saturated rings. The quantitative estimate of drug-likeness (QED) is 0.627. The van der Waals surface area contributed by atoms with Crippen molar-refractivity contribution in [1.82, 2.24) is 5.32 Å². The molecule has 5 heteroatoms. The van der Waals surface area contributed by atoms with Gasteiger partial charge >= 0.3 is 0 Å². The Morgan fingerprint density at radius 2 is 2.05 bits per heavy atom. The molecule has 0 saturated heterocycles. The highest BCUT2D eigenvalue weighted by Crippen LogP contribution is 2.37. The zero-order chi connectivity index (χ0) is 15.7. The van der Waals surface area contributed by atoms with Crippen LogP contribution in [0.3, 0.4) is 0 Å². The minimum absolute atomic E-state index is 0.364. The zero-order valence-electron chi connectivity index (χ0n) is 13.1. The van der Waals surface area contributed by atoms with Crippen LogP contribution in [0.4, 0.5) is 0 Å². The first-order valence-corrected chi connectivity index (χ1v) is 8.34. The van der Waals surface area contributed by atoms with Crippen molar-refractivity contribution in [1.29, 1.82) is 0 Å². The molecule has 2 N–H and O–H groups in total. The van der Waals surface area contributed by atoms with E-state index in [1.807, 2.05) is 19.1 Å². The van der Waals surface area contributed by atoms with E-state index in [1.54, 1.807) is 6.92 Å². The van der Waals surface area contributed by atoms with Gasteiger partial charge in [0.15, 0.2) is 11.5 Å². The average molecular weight is 360 g/mol. The van der Waals surface area contributed by atoms with Crippen LogP contribution < -0.4 is 14.8 Å². The molecule has 0 spiro atoms. The first kappa shape index (κ1) is 18.3. The number of aliphatic hydroxyl groups is 1. The Labute approximate surface area is 136 Å². The number of hydrogen-bond donors (Lipinski definition) is 2. The molecule has 0 aliphatic rings. The minimum atomic E-state index is -0.364. The van der Waals surface area contributed by atoms with Gasteiger partial charge in [-0.25, -0.2) is 0 Å². The lowest BCUT2D eigenvalue weighted by atomic mass is 10.2. The van der Waals surface area contributed by atoms with E-state index in [0.717, 1.165) is 35.3 Å². The van der Waals surface area contributed by atoms with Crippen LogP contribution in [0.5, 0.6) is 11.5 Å². The number of rotatable bonds is 10.